The van der Waals surface area contributed by atoms with Gasteiger partial charge in [-0.3, -0.25) is 4.79 Å². The van der Waals surface area contributed by atoms with Crippen LogP contribution in [0.1, 0.15) is 18.7 Å². The second kappa shape index (κ2) is 7.49. The first-order valence-electron chi connectivity index (χ1n) is 7.88. The van der Waals surface area contributed by atoms with Gasteiger partial charge in [0.05, 0.1) is 31.7 Å². The highest BCUT2D eigenvalue weighted by molar-refractivity contribution is 7.80. The van der Waals surface area contributed by atoms with Gasteiger partial charge in [-0.25, -0.2) is 0 Å². The van der Waals surface area contributed by atoms with E-state index in [9.17, 15) is 4.79 Å². The van der Waals surface area contributed by atoms with Crippen molar-refractivity contribution in [1.82, 2.24) is 10.6 Å². The third-order valence-electron chi connectivity index (χ3n) is 4.00. The molecule has 1 aliphatic heterocycles. The van der Waals surface area contributed by atoms with Crippen LogP contribution in [0.15, 0.2) is 52.3 Å². The Morgan fingerprint density at radius 2 is 2.08 bits per heavy atom. The number of anilines is 1. The Kier molecular flexibility index (Phi) is 5.13. The summed E-state index contributed by atoms with van der Waals surface area (Å²) in [6.45, 7) is 1.79. The second-order valence-electron chi connectivity index (χ2n) is 5.61. The minimum absolute atomic E-state index is 0.296. The Labute approximate surface area is 156 Å². The van der Waals surface area contributed by atoms with Crippen LogP contribution in [0.3, 0.4) is 0 Å². The van der Waals surface area contributed by atoms with E-state index in [0.717, 1.165) is 0 Å². The highest BCUT2D eigenvalue weighted by Crippen LogP contribution is 2.32. The normalized spacial score (nSPS) is 16.6. The van der Waals surface area contributed by atoms with Crippen molar-refractivity contribution in [3.05, 3.63) is 53.6 Å². The van der Waals surface area contributed by atoms with Crippen molar-refractivity contribution in [3.8, 4) is 11.5 Å². The molecule has 7 nitrogen and oxygen atoms in total. The van der Waals surface area contributed by atoms with Gasteiger partial charge in [0.2, 0.25) is 0 Å². The highest BCUT2D eigenvalue weighted by Gasteiger charge is 2.32. The molecule has 1 atom stereocenters. The molecule has 0 fully saturated rings. The molecule has 8 heteroatoms. The van der Waals surface area contributed by atoms with Gasteiger partial charge in [-0.15, -0.1) is 0 Å². The van der Waals surface area contributed by atoms with E-state index in [4.69, 9.17) is 26.1 Å². The first-order valence-corrected chi connectivity index (χ1v) is 8.29. The van der Waals surface area contributed by atoms with Crippen LogP contribution < -0.4 is 25.4 Å². The molecular weight excluding hydrogens is 354 g/mol. The molecule has 0 bridgehead atoms. The molecule has 1 unspecified atom stereocenters. The van der Waals surface area contributed by atoms with Crippen molar-refractivity contribution >= 4 is 28.9 Å². The van der Waals surface area contributed by atoms with E-state index in [2.05, 4.69) is 16.0 Å². The molecule has 0 saturated heterocycles. The number of thiocarbonyl (C=S) groups is 1. The van der Waals surface area contributed by atoms with Gasteiger partial charge < -0.3 is 29.8 Å². The van der Waals surface area contributed by atoms with Crippen molar-refractivity contribution < 1.29 is 18.7 Å². The predicted molar refractivity (Wildman–Crippen MR) is 101 cm³/mol. The third-order valence-corrected chi connectivity index (χ3v) is 4.22. The molecule has 1 aliphatic rings. The van der Waals surface area contributed by atoms with Crippen molar-refractivity contribution in [1.29, 1.82) is 0 Å². The maximum Gasteiger partial charge on any atom is 0.256 e. The number of hydrogen-bond acceptors (Lipinski definition) is 5. The molecule has 2 heterocycles. The topological polar surface area (TPSA) is 84.8 Å². The van der Waals surface area contributed by atoms with Crippen molar-refractivity contribution in [2.45, 2.75) is 13.0 Å². The molecule has 0 saturated carbocycles. The number of nitrogens with one attached hydrogen (secondary N) is 3. The quantitative estimate of drug-likeness (QED) is 0.695. The standard InChI is InChI=1S/C18H19N3O4S/c1-10-15(16(21-18(26)19-10)13-5-4-8-25-13)17(22)20-12-7-6-11(23-2)9-14(12)24-3/h4-9,16H,1-3H3,(H,20,22)(H2,19,21,26). The van der Waals surface area contributed by atoms with E-state index >= 15 is 0 Å². The zero-order valence-electron chi connectivity index (χ0n) is 14.6. The van der Waals surface area contributed by atoms with Gasteiger partial charge in [0, 0.05) is 11.8 Å². The minimum atomic E-state index is -0.483. The summed E-state index contributed by atoms with van der Waals surface area (Å²) in [5.41, 5.74) is 1.66. The van der Waals surface area contributed by atoms with E-state index in [1.807, 2.05) is 0 Å². The molecule has 1 aromatic heterocycles. The van der Waals surface area contributed by atoms with Crippen LogP contribution in [0.2, 0.25) is 0 Å². The van der Waals surface area contributed by atoms with Gasteiger partial charge in [-0.05, 0) is 43.4 Å². The fourth-order valence-electron chi connectivity index (χ4n) is 2.76. The fourth-order valence-corrected chi connectivity index (χ4v) is 3.03. The molecular formula is C18H19N3O4S. The maximum absolute atomic E-state index is 13.0. The Bertz CT molecular complexity index is 861. The zero-order chi connectivity index (χ0) is 18.7. The lowest BCUT2D eigenvalue weighted by Gasteiger charge is -2.28. The smallest absolute Gasteiger partial charge is 0.256 e. The number of furan rings is 1. The van der Waals surface area contributed by atoms with Crippen molar-refractivity contribution in [2.24, 2.45) is 0 Å². The third kappa shape index (κ3) is 3.50. The van der Waals surface area contributed by atoms with E-state index in [-0.39, 0.29) is 5.91 Å². The van der Waals surface area contributed by atoms with E-state index in [0.29, 0.717) is 39.3 Å². The molecule has 3 rings (SSSR count). The van der Waals surface area contributed by atoms with Gasteiger partial charge in [0.1, 0.15) is 23.3 Å². The van der Waals surface area contributed by atoms with Gasteiger partial charge in [0.25, 0.3) is 5.91 Å². The van der Waals surface area contributed by atoms with Gasteiger partial charge in [-0.2, -0.15) is 0 Å². The SMILES string of the molecule is COc1ccc(NC(=O)C2=C(C)NC(=S)NC2c2ccco2)c(OC)c1. The Hall–Kier alpha value is -3.00. The average molecular weight is 373 g/mol. The van der Waals surface area contributed by atoms with Crippen molar-refractivity contribution in [3.63, 3.8) is 0 Å². The summed E-state index contributed by atoms with van der Waals surface area (Å²) in [6, 6.07) is 8.24. The van der Waals surface area contributed by atoms with Crippen LogP contribution in [0.5, 0.6) is 11.5 Å². The summed E-state index contributed by atoms with van der Waals surface area (Å²) in [6.07, 6.45) is 1.56. The van der Waals surface area contributed by atoms with Gasteiger partial charge in [-0.1, -0.05) is 0 Å². The molecule has 2 aromatic rings. The number of carbonyl (C=O) groups is 1. The van der Waals surface area contributed by atoms with Gasteiger partial charge >= 0.3 is 0 Å². The lowest BCUT2D eigenvalue weighted by atomic mass is 10.00. The lowest BCUT2D eigenvalue weighted by Crippen LogP contribution is -2.45. The fraction of sp³-hybridized carbons (Fsp3) is 0.222. The summed E-state index contributed by atoms with van der Waals surface area (Å²) in [5, 5.41) is 9.36. The number of amides is 1. The van der Waals surface area contributed by atoms with Crippen LogP contribution in [-0.4, -0.2) is 25.2 Å². The largest absolute Gasteiger partial charge is 0.497 e. The Morgan fingerprint density at radius 3 is 2.73 bits per heavy atom. The van der Waals surface area contributed by atoms with Crippen molar-refractivity contribution in [2.75, 3.05) is 19.5 Å². The summed E-state index contributed by atoms with van der Waals surface area (Å²) in [4.78, 5) is 13.0. The summed E-state index contributed by atoms with van der Waals surface area (Å²) in [5.74, 6) is 1.43. The Morgan fingerprint density at radius 1 is 1.27 bits per heavy atom. The molecule has 0 aliphatic carbocycles. The molecule has 26 heavy (non-hydrogen) atoms. The number of benzene rings is 1. The van der Waals surface area contributed by atoms with E-state index in [1.165, 1.54) is 7.11 Å². The molecule has 136 valence electrons. The molecule has 1 amide bonds. The monoisotopic (exact) mass is 373 g/mol. The molecule has 0 radical (unpaired) electrons. The average Bonchev–Trinajstić information content (AvgIpc) is 3.15. The summed E-state index contributed by atoms with van der Waals surface area (Å²) >= 11 is 5.21. The van der Waals surface area contributed by atoms with Crippen LogP contribution >= 0.6 is 12.2 Å². The van der Waals surface area contributed by atoms with Crippen LogP contribution in [0.25, 0.3) is 0 Å². The highest BCUT2D eigenvalue weighted by atomic mass is 32.1. The second-order valence-corrected chi connectivity index (χ2v) is 6.01. The van der Waals surface area contributed by atoms with E-state index in [1.54, 1.807) is 50.6 Å². The number of ether oxygens (including phenoxy) is 2. The van der Waals surface area contributed by atoms with Gasteiger partial charge in [0.15, 0.2) is 5.11 Å². The maximum atomic E-state index is 13.0. The van der Waals surface area contributed by atoms with Crippen LogP contribution in [-0.2, 0) is 4.79 Å². The molecule has 3 N–H and O–H groups in total. The zero-order valence-corrected chi connectivity index (χ0v) is 15.4. The minimum Gasteiger partial charge on any atom is -0.497 e. The first-order chi connectivity index (χ1) is 12.5. The summed E-state index contributed by atoms with van der Waals surface area (Å²) < 4.78 is 16.0. The lowest BCUT2D eigenvalue weighted by molar-refractivity contribution is -0.113. The number of carbonyl (C=O) groups excluding carboxylic acids is 1. The summed E-state index contributed by atoms with van der Waals surface area (Å²) in [7, 11) is 3.10. The number of hydrogen-bond donors (Lipinski definition) is 3. The van der Waals surface area contributed by atoms with Crippen LogP contribution in [0.4, 0.5) is 5.69 Å². The van der Waals surface area contributed by atoms with E-state index < -0.39 is 6.04 Å². The molecule has 0 spiro atoms. The Balaban J connectivity index is 1.92. The number of methoxy groups -OCH3 is 2. The number of allylic oxidation sites excluding steroid dienone is 1. The molecule has 1 aromatic carbocycles. The number of rotatable bonds is 5. The first kappa shape index (κ1) is 17.8. The predicted octanol–water partition coefficient (Wildman–Crippen LogP) is 2.73. The van der Waals surface area contributed by atoms with Crippen LogP contribution in [0, 0.1) is 0 Å².